The maximum absolute atomic E-state index is 12.2. The molecule has 0 aliphatic carbocycles. The van der Waals surface area contributed by atoms with E-state index in [0.717, 1.165) is 10.9 Å². The molecule has 0 aromatic carbocycles. The Hall–Kier alpha value is -2.02. The van der Waals surface area contributed by atoms with Crippen molar-refractivity contribution in [3.8, 4) is 12.1 Å². The van der Waals surface area contributed by atoms with E-state index in [1.807, 2.05) is 0 Å². The Morgan fingerprint density at radius 1 is 1.43 bits per heavy atom. The van der Waals surface area contributed by atoms with Gasteiger partial charge in [0.15, 0.2) is 5.69 Å². The summed E-state index contributed by atoms with van der Waals surface area (Å²) in [5.41, 5.74) is -1.83. The topological polar surface area (TPSA) is 65.4 Å². The summed E-state index contributed by atoms with van der Waals surface area (Å²) in [5, 5.41) is 19.7. The molecule has 0 fully saturated rings. The Balaban J connectivity index is 3.19. The van der Waals surface area contributed by atoms with Crippen molar-refractivity contribution in [2.45, 2.75) is 12.7 Å². The third-order valence-electron chi connectivity index (χ3n) is 1.38. The number of rotatable bonds is 1. The largest absolute Gasteiger partial charge is 0.436 e. The van der Waals surface area contributed by atoms with Crippen molar-refractivity contribution < 1.29 is 13.2 Å². The molecule has 14 heavy (non-hydrogen) atoms. The van der Waals surface area contributed by atoms with Crippen LogP contribution in [0.2, 0.25) is 0 Å². The first-order valence-corrected chi connectivity index (χ1v) is 3.40. The normalized spacial score (nSPS) is 10.6. The molecule has 0 bridgehead atoms. The van der Waals surface area contributed by atoms with E-state index in [1.165, 1.54) is 6.07 Å². The number of nitriles is 2. The molecule has 0 spiro atoms. The SMILES string of the molecule is N#CCn1cc(C#N)c(C(F)(F)F)n1. The van der Waals surface area contributed by atoms with Gasteiger partial charge in [-0.1, -0.05) is 0 Å². The van der Waals surface area contributed by atoms with E-state index in [9.17, 15) is 13.2 Å². The number of alkyl halides is 3. The highest BCUT2D eigenvalue weighted by atomic mass is 19.4. The van der Waals surface area contributed by atoms with Crippen LogP contribution in [0.1, 0.15) is 11.3 Å². The van der Waals surface area contributed by atoms with Gasteiger partial charge in [0.25, 0.3) is 0 Å². The summed E-state index contributed by atoms with van der Waals surface area (Å²) >= 11 is 0. The number of aromatic nitrogens is 2. The first kappa shape index (κ1) is 10.1. The van der Waals surface area contributed by atoms with Gasteiger partial charge in [-0.3, -0.25) is 4.68 Å². The fraction of sp³-hybridized carbons (Fsp3) is 0.286. The van der Waals surface area contributed by atoms with Crippen LogP contribution in [0.4, 0.5) is 13.2 Å². The van der Waals surface area contributed by atoms with E-state index < -0.39 is 17.4 Å². The van der Waals surface area contributed by atoms with Gasteiger partial charge in [0.05, 0.1) is 6.07 Å². The van der Waals surface area contributed by atoms with Crippen LogP contribution in [-0.2, 0) is 12.7 Å². The second-order valence-corrected chi connectivity index (χ2v) is 2.36. The van der Waals surface area contributed by atoms with Crippen LogP contribution in [-0.4, -0.2) is 9.78 Å². The lowest BCUT2D eigenvalue weighted by Gasteiger charge is -2.00. The second-order valence-electron chi connectivity index (χ2n) is 2.36. The molecule has 0 N–H and O–H groups in total. The Labute approximate surface area is 76.8 Å². The van der Waals surface area contributed by atoms with Crippen molar-refractivity contribution in [1.82, 2.24) is 9.78 Å². The number of hydrogen-bond acceptors (Lipinski definition) is 3. The molecule has 0 radical (unpaired) electrons. The minimum atomic E-state index is -4.66. The van der Waals surface area contributed by atoms with Gasteiger partial charge in [0.2, 0.25) is 0 Å². The van der Waals surface area contributed by atoms with Crippen molar-refractivity contribution in [2.24, 2.45) is 0 Å². The molecule has 72 valence electrons. The standard InChI is InChI=1S/C7H3F3N4/c8-7(9,10)6-5(3-12)4-14(13-6)2-1-11/h4H,2H2. The van der Waals surface area contributed by atoms with Crippen LogP contribution in [0.5, 0.6) is 0 Å². The number of hydrogen-bond donors (Lipinski definition) is 0. The molecule has 1 rings (SSSR count). The zero-order valence-electron chi connectivity index (χ0n) is 6.71. The zero-order chi connectivity index (χ0) is 10.8. The maximum Gasteiger partial charge on any atom is 0.436 e. The quantitative estimate of drug-likeness (QED) is 0.686. The molecule has 0 aliphatic heterocycles. The smallest absolute Gasteiger partial charge is 0.257 e. The van der Waals surface area contributed by atoms with Gasteiger partial charge in [-0.25, -0.2) is 0 Å². The fourth-order valence-electron chi connectivity index (χ4n) is 0.866. The van der Waals surface area contributed by atoms with Gasteiger partial charge in [0, 0.05) is 6.20 Å². The summed E-state index contributed by atoms with van der Waals surface area (Å²) in [4.78, 5) is 0. The van der Waals surface area contributed by atoms with Gasteiger partial charge in [-0.2, -0.15) is 28.8 Å². The van der Waals surface area contributed by atoms with Crippen LogP contribution < -0.4 is 0 Å². The predicted octanol–water partition coefficient (Wildman–Crippen LogP) is 1.30. The van der Waals surface area contributed by atoms with Gasteiger partial charge in [-0.15, -0.1) is 0 Å². The first-order valence-electron chi connectivity index (χ1n) is 3.40. The Morgan fingerprint density at radius 3 is 2.43 bits per heavy atom. The summed E-state index contributed by atoms with van der Waals surface area (Å²) < 4.78 is 37.3. The predicted molar refractivity (Wildman–Crippen MR) is 37.6 cm³/mol. The van der Waals surface area contributed by atoms with Crippen LogP contribution in [0.3, 0.4) is 0 Å². The molecule has 0 saturated carbocycles. The van der Waals surface area contributed by atoms with Gasteiger partial charge < -0.3 is 0 Å². The van der Waals surface area contributed by atoms with Crippen LogP contribution in [0.15, 0.2) is 6.20 Å². The highest BCUT2D eigenvalue weighted by Crippen LogP contribution is 2.30. The number of halogens is 3. The lowest BCUT2D eigenvalue weighted by atomic mass is 10.3. The molecule has 0 saturated heterocycles. The minimum Gasteiger partial charge on any atom is -0.257 e. The summed E-state index contributed by atoms with van der Waals surface area (Å²) in [6, 6.07) is 2.99. The molecule has 1 aromatic heterocycles. The third kappa shape index (κ3) is 1.83. The van der Waals surface area contributed by atoms with E-state index >= 15 is 0 Å². The zero-order valence-corrected chi connectivity index (χ0v) is 6.71. The van der Waals surface area contributed by atoms with Gasteiger partial charge in [-0.05, 0) is 0 Å². The van der Waals surface area contributed by atoms with Crippen molar-refractivity contribution in [3.63, 3.8) is 0 Å². The average molecular weight is 200 g/mol. The molecular weight excluding hydrogens is 197 g/mol. The molecule has 0 unspecified atom stereocenters. The monoisotopic (exact) mass is 200 g/mol. The maximum atomic E-state index is 12.2. The molecular formula is C7H3F3N4. The fourth-order valence-corrected chi connectivity index (χ4v) is 0.866. The summed E-state index contributed by atoms with van der Waals surface area (Å²) in [5.74, 6) is 0. The molecule has 7 heteroatoms. The molecule has 1 aromatic rings. The third-order valence-corrected chi connectivity index (χ3v) is 1.38. The van der Waals surface area contributed by atoms with E-state index in [-0.39, 0.29) is 6.54 Å². The molecule has 0 amide bonds. The Bertz CT molecular complexity index is 418. The summed E-state index contributed by atoms with van der Waals surface area (Å²) in [7, 11) is 0. The lowest BCUT2D eigenvalue weighted by Crippen LogP contribution is -2.09. The molecule has 1 heterocycles. The Kier molecular flexibility index (Phi) is 2.43. The summed E-state index contributed by atoms with van der Waals surface area (Å²) in [6.45, 7) is -0.315. The van der Waals surface area contributed by atoms with Crippen LogP contribution in [0, 0.1) is 22.7 Å². The molecule has 0 atom stereocenters. The minimum absolute atomic E-state index is 0.315. The van der Waals surface area contributed by atoms with Crippen molar-refractivity contribution in [3.05, 3.63) is 17.5 Å². The van der Waals surface area contributed by atoms with Crippen LogP contribution >= 0.6 is 0 Å². The highest BCUT2D eigenvalue weighted by Gasteiger charge is 2.37. The number of nitrogens with zero attached hydrogens (tertiary/aromatic N) is 4. The van der Waals surface area contributed by atoms with Crippen molar-refractivity contribution in [1.29, 1.82) is 10.5 Å². The van der Waals surface area contributed by atoms with E-state index in [2.05, 4.69) is 5.10 Å². The highest BCUT2D eigenvalue weighted by molar-refractivity contribution is 5.32. The van der Waals surface area contributed by atoms with Gasteiger partial charge in [0.1, 0.15) is 18.2 Å². The molecule has 4 nitrogen and oxygen atoms in total. The van der Waals surface area contributed by atoms with Crippen molar-refractivity contribution >= 4 is 0 Å². The lowest BCUT2D eigenvalue weighted by molar-refractivity contribution is -0.141. The molecule has 0 aliphatic rings. The first-order chi connectivity index (χ1) is 6.49. The second kappa shape index (κ2) is 3.38. The van der Waals surface area contributed by atoms with Crippen molar-refractivity contribution in [2.75, 3.05) is 0 Å². The van der Waals surface area contributed by atoms with Crippen LogP contribution in [0.25, 0.3) is 0 Å². The summed E-state index contributed by atoms with van der Waals surface area (Å²) in [6.07, 6.45) is -3.77. The van der Waals surface area contributed by atoms with E-state index in [4.69, 9.17) is 10.5 Å². The van der Waals surface area contributed by atoms with Gasteiger partial charge >= 0.3 is 6.18 Å². The van der Waals surface area contributed by atoms with E-state index in [0.29, 0.717) is 0 Å². The van der Waals surface area contributed by atoms with E-state index in [1.54, 1.807) is 6.07 Å². The average Bonchev–Trinajstić information content (AvgIpc) is 2.47. The Morgan fingerprint density at radius 2 is 2.07 bits per heavy atom.